The molecule has 1 aliphatic rings. The van der Waals surface area contributed by atoms with Gasteiger partial charge in [0.05, 0.1) is 27.4 Å². The maximum absolute atomic E-state index is 13.0. The Morgan fingerprint density at radius 1 is 0.971 bits per heavy atom. The molecule has 5 rings (SSSR count). The van der Waals surface area contributed by atoms with Crippen LogP contribution < -0.4 is 4.90 Å². The molecule has 1 saturated heterocycles. The van der Waals surface area contributed by atoms with Crippen LogP contribution in [0.5, 0.6) is 0 Å². The number of piperazine rings is 1. The van der Waals surface area contributed by atoms with Crippen LogP contribution in [0.1, 0.15) is 41.6 Å². The van der Waals surface area contributed by atoms with Crippen molar-refractivity contribution in [3.05, 3.63) is 76.7 Å². The highest BCUT2D eigenvalue weighted by Crippen LogP contribution is 2.30. The van der Waals surface area contributed by atoms with Crippen molar-refractivity contribution in [1.29, 1.82) is 0 Å². The lowest BCUT2D eigenvalue weighted by atomic mass is 10.1. The molecule has 0 radical (unpaired) electrons. The minimum Gasteiger partial charge on any atom is -0.352 e. The molecule has 4 aromatic rings. The number of anilines is 1. The van der Waals surface area contributed by atoms with Gasteiger partial charge in [0.2, 0.25) is 0 Å². The number of nitrogens with zero attached hydrogens (tertiary/aromatic N) is 6. The Hall–Kier alpha value is -3.45. The standard InChI is InChI=1S/C27H29ClN6O/c1-3-4-14-23-29-25(24-19(2)31-34(26(24)30-23)20-10-6-5-7-11-20)32-15-17-33(18-16-32)27(35)21-12-8-9-13-22(21)28/h5-13H,3-4,14-18H2,1-2H3. The normalized spacial score (nSPS) is 14.0. The fraction of sp³-hybridized carbons (Fsp3) is 0.333. The van der Waals surface area contributed by atoms with E-state index >= 15 is 0 Å². The summed E-state index contributed by atoms with van der Waals surface area (Å²) in [6.07, 6.45) is 2.93. The van der Waals surface area contributed by atoms with Crippen LogP contribution in [0.4, 0.5) is 5.82 Å². The summed E-state index contributed by atoms with van der Waals surface area (Å²) < 4.78 is 1.92. The number of fused-ring (bicyclic) bond motifs is 1. The molecule has 2 aromatic carbocycles. The first-order valence-electron chi connectivity index (χ1n) is 12.2. The largest absolute Gasteiger partial charge is 0.352 e. The smallest absolute Gasteiger partial charge is 0.255 e. The summed E-state index contributed by atoms with van der Waals surface area (Å²) in [4.78, 5) is 27.1. The zero-order valence-corrected chi connectivity index (χ0v) is 20.9. The third-order valence-electron chi connectivity index (χ3n) is 6.45. The van der Waals surface area contributed by atoms with Gasteiger partial charge in [-0.15, -0.1) is 0 Å². The first-order valence-corrected chi connectivity index (χ1v) is 12.5. The average molecular weight is 489 g/mol. The van der Waals surface area contributed by atoms with Crippen LogP contribution in [-0.4, -0.2) is 56.7 Å². The SMILES string of the molecule is CCCCc1nc(N2CCN(C(=O)c3ccccc3Cl)CC2)c2c(C)nn(-c3ccccc3)c2n1. The summed E-state index contributed by atoms with van der Waals surface area (Å²) in [6, 6.07) is 17.3. The molecule has 180 valence electrons. The molecular formula is C27H29ClN6O. The topological polar surface area (TPSA) is 67.2 Å². The van der Waals surface area contributed by atoms with Crippen molar-refractivity contribution < 1.29 is 4.79 Å². The number of aromatic nitrogens is 4. The zero-order chi connectivity index (χ0) is 24.4. The van der Waals surface area contributed by atoms with Crippen molar-refractivity contribution in [3.63, 3.8) is 0 Å². The van der Waals surface area contributed by atoms with E-state index in [9.17, 15) is 4.79 Å². The molecule has 0 saturated carbocycles. The molecule has 2 aromatic heterocycles. The lowest BCUT2D eigenvalue weighted by molar-refractivity contribution is 0.0746. The molecule has 35 heavy (non-hydrogen) atoms. The van der Waals surface area contributed by atoms with Crippen LogP contribution in [0.2, 0.25) is 5.02 Å². The first kappa shape index (κ1) is 23.3. The van der Waals surface area contributed by atoms with Crippen molar-refractivity contribution in [2.24, 2.45) is 0 Å². The molecule has 7 nitrogen and oxygen atoms in total. The molecular weight excluding hydrogens is 460 g/mol. The number of halogens is 1. The van der Waals surface area contributed by atoms with Crippen molar-refractivity contribution in [2.45, 2.75) is 33.1 Å². The van der Waals surface area contributed by atoms with Gasteiger partial charge in [0.25, 0.3) is 5.91 Å². The molecule has 0 unspecified atom stereocenters. The molecule has 0 bridgehead atoms. The maximum Gasteiger partial charge on any atom is 0.255 e. The molecule has 8 heteroatoms. The predicted molar refractivity (Wildman–Crippen MR) is 140 cm³/mol. The number of unbranched alkanes of at least 4 members (excludes halogenated alkanes) is 1. The van der Waals surface area contributed by atoms with E-state index in [4.69, 9.17) is 26.7 Å². The Morgan fingerprint density at radius 3 is 2.40 bits per heavy atom. The van der Waals surface area contributed by atoms with Crippen LogP contribution >= 0.6 is 11.6 Å². The summed E-state index contributed by atoms with van der Waals surface area (Å²) in [6.45, 7) is 6.76. The molecule has 0 aliphatic carbocycles. The van der Waals surface area contributed by atoms with E-state index in [1.807, 2.05) is 59.0 Å². The second-order valence-electron chi connectivity index (χ2n) is 8.86. The highest BCUT2D eigenvalue weighted by Gasteiger charge is 2.27. The average Bonchev–Trinajstić information content (AvgIpc) is 3.24. The number of para-hydroxylation sites is 1. The van der Waals surface area contributed by atoms with Gasteiger partial charge >= 0.3 is 0 Å². The van der Waals surface area contributed by atoms with Gasteiger partial charge in [-0.25, -0.2) is 14.6 Å². The first-order chi connectivity index (χ1) is 17.1. The fourth-order valence-electron chi connectivity index (χ4n) is 4.56. The van der Waals surface area contributed by atoms with Crippen molar-refractivity contribution in [3.8, 4) is 5.69 Å². The van der Waals surface area contributed by atoms with Crippen LogP contribution in [0, 0.1) is 6.92 Å². The van der Waals surface area contributed by atoms with Gasteiger partial charge in [-0.05, 0) is 37.6 Å². The third kappa shape index (κ3) is 4.60. The van der Waals surface area contributed by atoms with Crippen LogP contribution in [0.3, 0.4) is 0 Å². The van der Waals surface area contributed by atoms with E-state index in [-0.39, 0.29) is 5.91 Å². The Morgan fingerprint density at radius 2 is 1.69 bits per heavy atom. The Bertz CT molecular complexity index is 1340. The summed E-state index contributed by atoms with van der Waals surface area (Å²) in [5, 5.41) is 6.30. The van der Waals surface area contributed by atoms with E-state index in [2.05, 4.69) is 11.8 Å². The van der Waals surface area contributed by atoms with Gasteiger partial charge in [0.1, 0.15) is 11.6 Å². The maximum atomic E-state index is 13.0. The highest BCUT2D eigenvalue weighted by molar-refractivity contribution is 6.33. The molecule has 0 atom stereocenters. The van der Waals surface area contributed by atoms with E-state index in [0.29, 0.717) is 36.8 Å². The van der Waals surface area contributed by atoms with Gasteiger partial charge in [0, 0.05) is 32.6 Å². The number of carbonyl (C=O) groups excluding carboxylic acids is 1. The van der Waals surface area contributed by atoms with Gasteiger partial charge in [-0.2, -0.15) is 5.10 Å². The number of benzene rings is 2. The third-order valence-corrected chi connectivity index (χ3v) is 6.78. The van der Waals surface area contributed by atoms with Gasteiger partial charge in [-0.3, -0.25) is 4.79 Å². The van der Waals surface area contributed by atoms with Gasteiger partial charge < -0.3 is 9.80 Å². The lowest BCUT2D eigenvalue weighted by Crippen LogP contribution is -2.49. The number of hydrogen-bond donors (Lipinski definition) is 0. The Labute approximate surface area is 210 Å². The second kappa shape index (κ2) is 10.0. The Balaban J connectivity index is 1.47. The van der Waals surface area contributed by atoms with E-state index < -0.39 is 0 Å². The van der Waals surface area contributed by atoms with Crippen molar-refractivity contribution in [1.82, 2.24) is 24.6 Å². The highest BCUT2D eigenvalue weighted by atomic mass is 35.5. The monoisotopic (exact) mass is 488 g/mol. The molecule has 1 aliphatic heterocycles. The van der Waals surface area contributed by atoms with Gasteiger partial charge in [0.15, 0.2) is 5.65 Å². The summed E-state index contributed by atoms with van der Waals surface area (Å²) in [5.41, 5.74) is 3.26. The van der Waals surface area contributed by atoms with Crippen LogP contribution in [0.25, 0.3) is 16.7 Å². The Kier molecular flexibility index (Phi) is 6.68. The molecule has 1 amide bonds. The minimum absolute atomic E-state index is 0.0280. The van der Waals surface area contributed by atoms with Gasteiger partial charge in [-0.1, -0.05) is 55.3 Å². The lowest BCUT2D eigenvalue weighted by Gasteiger charge is -2.36. The van der Waals surface area contributed by atoms with Crippen LogP contribution in [-0.2, 0) is 6.42 Å². The molecule has 1 fully saturated rings. The number of carbonyl (C=O) groups is 1. The van der Waals surface area contributed by atoms with Crippen molar-refractivity contribution in [2.75, 3.05) is 31.1 Å². The number of hydrogen-bond acceptors (Lipinski definition) is 5. The number of rotatable bonds is 6. The van der Waals surface area contributed by atoms with E-state index in [1.165, 1.54) is 0 Å². The second-order valence-corrected chi connectivity index (χ2v) is 9.26. The van der Waals surface area contributed by atoms with E-state index in [1.54, 1.807) is 12.1 Å². The molecule has 0 spiro atoms. The number of amides is 1. The van der Waals surface area contributed by atoms with E-state index in [0.717, 1.165) is 53.3 Å². The quantitative estimate of drug-likeness (QED) is 0.378. The number of aryl methyl sites for hydroxylation is 2. The zero-order valence-electron chi connectivity index (χ0n) is 20.1. The van der Waals surface area contributed by atoms with Crippen molar-refractivity contribution >= 4 is 34.4 Å². The molecule has 0 N–H and O–H groups in total. The van der Waals surface area contributed by atoms with Crippen LogP contribution in [0.15, 0.2) is 54.6 Å². The minimum atomic E-state index is -0.0280. The molecule has 3 heterocycles. The predicted octanol–water partition coefficient (Wildman–Crippen LogP) is 5.08. The summed E-state index contributed by atoms with van der Waals surface area (Å²) in [5.74, 6) is 1.71. The fourth-order valence-corrected chi connectivity index (χ4v) is 4.77. The summed E-state index contributed by atoms with van der Waals surface area (Å²) >= 11 is 6.27. The summed E-state index contributed by atoms with van der Waals surface area (Å²) in [7, 11) is 0.